The molecule has 1 fully saturated rings. The molecule has 168 valence electrons. The van der Waals surface area contributed by atoms with E-state index in [0.29, 0.717) is 37.8 Å². The lowest BCUT2D eigenvalue weighted by Crippen LogP contribution is -2.26. The fourth-order valence-corrected chi connectivity index (χ4v) is 4.80. The Kier molecular flexibility index (Phi) is 5.91. The van der Waals surface area contributed by atoms with Crippen molar-refractivity contribution in [2.24, 2.45) is 0 Å². The quantitative estimate of drug-likeness (QED) is 0.373. The van der Waals surface area contributed by atoms with Crippen LogP contribution >= 0.6 is 34.8 Å². The lowest BCUT2D eigenvalue weighted by Gasteiger charge is -2.19. The summed E-state index contributed by atoms with van der Waals surface area (Å²) < 4.78 is 1.75. The normalized spacial score (nSPS) is 13.6. The van der Waals surface area contributed by atoms with E-state index in [4.69, 9.17) is 44.9 Å². The number of nitrogens with zero attached hydrogens (tertiary/aromatic N) is 4. The lowest BCUT2D eigenvalue weighted by molar-refractivity contribution is 0.0963. The number of carbonyl (C=O) groups is 1. The zero-order valence-electron chi connectivity index (χ0n) is 17.8. The Morgan fingerprint density at radius 3 is 2.33 bits per heavy atom. The minimum absolute atomic E-state index is 0.189. The number of benzene rings is 2. The largest absolute Gasteiger partial charge is 0.356 e. The summed E-state index contributed by atoms with van der Waals surface area (Å²) in [5, 5.41) is 9.91. The van der Waals surface area contributed by atoms with Gasteiger partial charge in [0.2, 0.25) is 0 Å². The van der Waals surface area contributed by atoms with Crippen LogP contribution in [0.25, 0.3) is 28.0 Å². The number of amides is 1. The Balaban J connectivity index is 1.82. The van der Waals surface area contributed by atoms with E-state index in [1.807, 2.05) is 36.4 Å². The van der Waals surface area contributed by atoms with Gasteiger partial charge in [-0.1, -0.05) is 46.9 Å². The van der Waals surface area contributed by atoms with Gasteiger partial charge >= 0.3 is 0 Å². The molecule has 1 amide bonds. The predicted molar refractivity (Wildman–Crippen MR) is 134 cm³/mol. The van der Waals surface area contributed by atoms with Crippen LogP contribution in [0.3, 0.4) is 0 Å². The van der Waals surface area contributed by atoms with Crippen LogP contribution in [-0.2, 0) is 0 Å². The highest BCUT2D eigenvalue weighted by Crippen LogP contribution is 2.36. The highest BCUT2D eigenvalue weighted by molar-refractivity contribution is 6.35. The van der Waals surface area contributed by atoms with Gasteiger partial charge in [0.25, 0.3) is 5.91 Å². The zero-order valence-corrected chi connectivity index (χ0v) is 20.0. The van der Waals surface area contributed by atoms with Crippen molar-refractivity contribution in [3.05, 3.63) is 69.2 Å². The van der Waals surface area contributed by atoms with E-state index in [-0.39, 0.29) is 5.91 Å². The second kappa shape index (κ2) is 8.86. The molecular formula is C24H20Cl3N5O. The highest BCUT2D eigenvalue weighted by Gasteiger charge is 2.25. The molecule has 4 aromatic rings. The van der Waals surface area contributed by atoms with E-state index in [2.05, 4.69) is 10.2 Å². The molecule has 5 rings (SSSR count). The molecule has 0 aliphatic carbocycles. The van der Waals surface area contributed by atoms with Crippen molar-refractivity contribution in [2.45, 2.75) is 12.8 Å². The number of anilines is 1. The fraction of sp³-hybridized carbons (Fsp3) is 0.208. The number of aromatic nitrogens is 3. The van der Waals surface area contributed by atoms with Gasteiger partial charge < -0.3 is 10.2 Å². The van der Waals surface area contributed by atoms with Crippen LogP contribution in [0.5, 0.6) is 0 Å². The van der Waals surface area contributed by atoms with Crippen LogP contribution in [0.1, 0.15) is 23.2 Å². The van der Waals surface area contributed by atoms with Gasteiger partial charge in [0.1, 0.15) is 5.82 Å². The number of hydrogen-bond donors (Lipinski definition) is 1. The van der Waals surface area contributed by atoms with E-state index in [1.54, 1.807) is 23.9 Å². The molecule has 33 heavy (non-hydrogen) atoms. The average Bonchev–Trinajstić information content (AvgIpc) is 3.46. The number of rotatable bonds is 4. The van der Waals surface area contributed by atoms with Crippen LogP contribution in [0.4, 0.5) is 5.82 Å². The molecule has 1 N–H and O–H groups in total. The summed E-state index contributed by atoms with van der Waals surface area (Å²) in [6, 6.07) is 14.6. The second-order valence-electron chi connectivity index (χ2n) is 7.87. The molecule has 6 nitrogen and oxygen atoms in total. The molecule has 0 saturated carbocycles. The molecule has 0 unspecified atom stereocenters. The first-order chi connectivity index (χ1) is 16.0. The molecule has 0 bridgehead atoms. The van der Waals surface area contributed by atoms with Crippen LogP contribution in [-0.4, -0.2) is 40.8 Å². The van der Waals surface area contributed by atoms with E-state index < -0.39 is 0 Å². The van der Waals surface area contributed by atoms with Gasteiger partial charge in [0, 0.05) is 41.1 Å². The standard InChI is InChI=1S/C24H20Cl3N5O/c1-28-24(33)18-13-17-21(14-4-6-15(25)7-5-14)32(20-9-8-16(26)12-19(20)27)30-22(17)29-23(18)31-10-2-3-11-31/h4-9,12-13H,2-3,10-11H2,1H3,(H,28,33). The average molecular weight is 501 g/mol. The Bertz CT molecular complexity index is 1360. The monoisotopic (exact) mass is 499 g/mol. The van der Waals surface area contributed by atoms with Crippen molar-refractivity contribution in [1.29, 1.82) is 0 Å². The zero-order chi connectivity index (χ0) is 23.1. The molecule has 1 saturated heterocycles. The molecule has 9 heteroatoms. The third-order valence-electron chi connectivity index (χ3n) is 5.78. The Labute approximate surface area is 206 Å². The van der Waals surface area contributed by atoms with Gasteiger partial charge in [-0.15, -0.1) is 5.10 Å². The van der Waals surface area contributed by atoms with Gasteiger partial charge in [-0.2, -0.15) is 0 Å². The second-order valence-corrected chi connectivity index (χ2v) is 9.15. The van der Waals surface area contributed by atoms with Crippen molar-refractivity contribution < 1.29 is 4.79 Å². The molecule has 2 aromatic carbocycles. The first-order valence-electron chi connectivity index (χ1n) is 10.6. The molecular weight excluding hydrogens is 481 g/mol. The molecule has 2 aromatic heterocycles. The van der Waals surface area contributed by atoms with E-state index in [1.165, 1.54) is 0 Å². The van der Waals surface area contributed by atoms with E-state index >= 15 is 0 Å². The molecule has 1 aliphatic heterocycles. The Morgan fingerprint density at radius 2 is 1.67 bits per heavy atom. The van der Waals surface area contributed by atoms with Crippen molar-refractivity contribution in [2.75, 3.05) is 25.0 Å². The van der Waals surface area contributed by atoms with Crippen LogP contribution < -0.4 is 10.2 Å². The summed E-state index contributed by atoms with van der Waals surface area (Å²) in [4.78, 5) is 19.8. The number of carbonyl (C=O) groups excluding carboxylic acids is 1. The number of nitrogens with one attached hydrogen (secondary N) is 1. The number of hydrogen-bond acceptors (Lipinski definition) is 4. The topological polar surface area (TPSA) is 63.1 Å². The maximum Gasteiger partial charge on any atom is 0.254 e. The summed E-state index contributed by atoms with van der Waals surface area (Å²) in [6.07, 6.45) is 2.13. The van der Waals surface area contributed by atoms with Crippen LogP contribution in [0, 0.1) is 0 Å². The SMILES string of the molecule is CNC(=O)c1cc2c(-c3ccc(Cl)cc3)n(-c3ccc(Cl)cc3Cl)nc2nc1N1CCCC1. The third kappa shape index (κ3) is 4.03. The number of pyridine rings is 1. The minimum atomic E-state index is -0.189. The van der Waals surface area contributed by atoms with Crippen molar-refractivity contribution in [3.8, 4) is 16.9 Å². The first kappa shape index (κ1) is 22.0. The van der Waals surface area contributed by atoms with E-state index in [0.717, 1.165) is 42.6 Å². The van der Waals surface area contributed by atoms with Crippen molar-refractivity contribution >= 4 is 57.6 Å². The number of halogens is 3. The van der Waals surface area contributed by atoms with Gasteiger partial charge in [0.15, 0.2) is 5.65 Å². The maximum atomic E-state index is 12.8. The molecule has 1 aliphatic rings. The van der Waals surface area contributed by atoms with Gasteiger partial charge in [-0.05, 0) is 49.2 Å². The molecule has 3 heterocycles. The van der Waals surface area contributed by atoms with E-state index in [9.17, 15) is 4.79 Å². The van der Waals surface area contributed by atoms with Crippen molar-refractivity contribution in [1.82, 2.24) is 20.1 Å². The van der Waals surface area contributed by atoms with Gasteiger partial charge in [-0.3, -0.25) is 4.79 Å². The van der Waals surface area contributed by atoms with Gasteiger partial charge in [-0.25, -0.2) is 9.67 Å². The third-order valence-corrected chi connectivity index (χ3v) is 6.57. The summed E-state index contributed by atoms with van der Waals surface area (Å²) in [6.45, 7) is 1.71. The van der Waals surface area contributed by atoms with Crippen molar-refractivity contribution in [3.63, 3.8) is 0 Å². The predicted octanol–water partition coefficient (Wildman–Crippen LogP) is 6.01. The summed E-state index contributed by atoms with van der Waals surface area (Å²) >= 11 is 18.8. The smallest absolute Gasteiger partial charge is 0.254 e. The molecule has 0 spiro atoms. The summed E-state index contributed by atoms with van der Waals surface area (Å²) in [7, 11) is 1.62. The fourth-order valence-electron chi connectivity index (χ4n) is 4.19. The van der Waals surface area contributed by atoms with Gasteiger partial charge in [0.05, 0.1) is 22.0 Å². The summed E-state index contributed by atoms with van der Waals surface area (Å²) in [5.74, 6) is 0.458. The Morgan fingerprint density at radius 1 is 0.970 bits per heavy atom. The minimum Gasteiger partial charge on any atom is -0.356 e. The lowest BCUT2D eigenvalue weighted by atomic mass is 10.1. The molecule has 0 radical (unpaired) electrons. The van der Waals surface area contributed by atoms with Crippen LogP contribution in [0.2, 0.25) is 15.1 Å². The van der Waals surface area contributed by atoms with Crippen LogP contribution in [0.15, 0.2) is 48.5 Å². The number of fused-ring (bicyclic) bond motifs is 1. The molecule has 0 atom stereocenters. The Hall–Kier alpha value is -2.80. The summed E-state index contributed by atoms with van der Waals surface area (Å²) in [5.41, 5.74) is 3.33. The maximum absolute atomic E-state index is 12.8. The highest BCUT2D eigenvalue weighted by atomic mass is 35.5. The first-order valence-corrected chi connectivity index (χ1v) is 11.7.